The van der Waals surface area contributed by atoms with Crippen LogP contribution >= 0.6 is 0 Å². The predicted octanol–water partition coefficient (Wildman–Crippen LogP) is 2.11. The van der Waals surface area contributed by atoms with Gasteiger partial charge in [0.25, 0.3) is 0 Å². The molecule has 0 saturated carbocycles. The van der Waals surface area contributed by atoms with Crippen LogP contribution in [-0.4, -0.2) is 37.4 Å². The van der Waals surface area contributed by atoms with Gasteiger partial charge in [0.05, 0.1) is 19.4 Å². The smallest absolute Gasteiger partial charge is 0.408 e. The minimum Gasteiger partial charge on any atom is -0.501 e. The third kappa shape index (κ3) is 9.38. The van der Waals surface area contributed by atoms with E-state index in [9.17, 15) is 4.79 Å². The van der Waals surface area contributed by atoms with Crippen molar-refractivity contribution >= 4 is 18.1 Å². The fourth-order valence-electron chi connectivity index (χ4n) is 0.816. The van der Waals surface area contributed by atoms with Gasteiger partial charge in [0.1, 0.15) is 11.4 Å². The molecule has 0 spiro atoms. The predicted molar refractivity (Wildman–Crippen MR) is 71.2 cm³/mol. The highest BCUT2D eigenvalue weighted by atomic mass is 16.6. The number of ether oxygens (including phenoxy) is 2. The Bertz CT molecular complexity index is 354. The quantitative estimate of drug-likeness (QED) is 0.458. The number of rotatable bonds is 4. The van der Waals surface area contributed by atoms with Crippen LogP contribution in [0.2, 0.25) is 0 Å². The maximum Gasteiger partial charge on any atom is 0.408 e. The molecule has 18 heavy (non-hydrogen) atoms. The van der Waals surface area contributed by atoms with Gasteiger partial charge < -0.3 is 14.8 Å². The molecule has 0 atom stereocenters. The van der Waals surface area contributed by atoms with E-state index in [0.717, 1.165) is 0 Å². The van der Waals surface area contributed by atoms with Crippen molar-refractivity contribution in [3.8, 4) is 0 Å². The molecule has 0 rings (SSSR count). The van der Waals surface area contributed by atoms with Crippen molar-refractivity contribution in [1.82, 2.24) is 5.32 Å². The summed E-state index contributed by atoms with van der Waals surface area (Å²) in [6.45, 7) is 7.11. The number of amidine groups is 1. The molecule has 0 aromatic carbocycles. The molecule has 0 radical (unpaired) electrons. The van der Waals surface area contributed by atoms with E-state index < -0.39 is 11.7 Å². The van der Waals surface area contributed by atoms with Crippen LogP contribution in [0.15, 0.2) is 16.8 Å². The second-order valence-electron chi connectivity index (χ2n) is 4.56. The Morgan fingerprint density at radius 3 is 2.56 bits per heavy atom. The van der Waals surface area contributed by atoms with Gasteiger partial charge in [-0.1, -0.05) is 0 Å². The van der Waals surface area contributed by atoms with Crippen molar-refractivity contribution in [1.29, 1.82) is 5.41 Å². The molecule has 0 saturated heterocycles. The lowest BCUT2D eigenvalue weighted by molar-refractivity contribution is 0.0536. The average Bonchev–Trinajstić information content (AvgIpc) is 2.23. The number of amides is 1. The van der Waals surface area contributed by atoms with E-state index in [4.69, 9.17) is 14.9 Å². The van der Waals surface area contributed by atoms with Gasteiger partial charge in [-0.25, -0.2) is 9.79 Å². The Kier molecular flexibility index (Phi) is 6.70. The number of allylic oxidation sites excluding steroid dienone is 2. The highest BCUT2D eigenvalue weighted by Crippen LogP contribution is 2.06. The molecule has 0 aliphatic carbocycles. The zero-order valence-electron chi connectivity index (χ0n) is 11.5. The zero-order valence-corrected chi connectivity index (χ0v) is 11.5. The fourth-order valence-corrected chi connectivity index (χ4v) is 0.816. The van der Waals surface area contributed by atoms with E-state index >= 15 is 0 Å². The number of aliphatic imine (C=N–C) groups is 1. The molecule has 1 amide bonds. The number of nitrogens with zero attached hydrogens (tertiary/aromatic N) is 1. The van der Waals surface area contributed by atoms with Gasteiger partial charge in [0.2, 0.25) is 0 Å². The van der Waals surface area contributed by atoms with Crippen LogP contribution in [-0.2, 0) is 9.47 Å². The van der Waals surface area contributed by atoms with Crippen molar-refractivity contribution in [2.75, 3.05) is 13.7 Å². The largest absolute Gasteiger partial charge is 0.501 e. The highest BCUT2D eigenvalue weighted by molar-refractivity contribution is 5.93. The summed E-state index contributed by atoms with van der Waals surface area (Å²) >= 11 is 0. The Morgan fingerprint density at radius 2 is 2.06 bits per heavy atom. The van der Waals surface area contributed by atoms with Crippen molar-refractivity contribution < 1.29 is 14.3 Å². The Labute approximate surface area is 108 Å². The molecule has 6 heteroatoms. The molecule has 102 valence electrons. The molecule has 0 unspecified atom stereocenters. The molecule has 6 nitrogen and oxygen atoms in total. The van der Waals surface area contributed by atoms with E-state index in [1.807, 2.05) is 0 Å². The van der Waals surface area contributed by atoms with Gasteiger partial charge in [-0.2, -0.15) is 0 Å². The minimum absolute atomic E-state index is 0.0191. The van der Waals surface area contributed by atoms with E-state index in [2.05, 4.69) is 10.3 Å². The number of alkyl carbamates (subject to hydrolysis) is 1. The first kappa shape index (κ1) is 16.1. The van der Waals surface area contributed by atoms with Gasteiger partial charge in [-0.05, 0) is 33.8 Å². The normalized spacial score (nSPS) is 12.4. The summed E-state index contributed by atoms with van der Waals surface area (Å²) in [6, 6.07) is 0. The summed E-state index contributed by atoms with van der Waals surface area (Å²) in [5, 5.41) is 9.92. The zero-order chi connectivity index (χ0) is 14.2. The number of hydrogen-bond acceptors (Lipinski definition) is 4. The van der Waals surface area contributed by atoms with E-state index in [1.54, 1.807) is 40.9 Å². The molecular weight excluding hydrogens is 234 g/mol. The number of nitrogens with one attached hydrogen (secondary N) is 2. The molecule has 2 N–H and O–H groups in total. The summed E-state index contributed by atoms with van der Waals surface area (Å²) in [7, 11) is 1.55. The number of carbonyl (C=O) groups is 1. The van der Waals surface area contributed by atoms with Crippen LogP contribution in [0.5, 0.6) is 0 Å². The van der Waals surface area contributed by atoms with E-state index in [0.29, 0.717) is 5.76 Å². The monoisotopic (exact) mass is 255 g/mol. The summed E-state index contributed by atoms with van der Waals surface area (Å²) < 4.78 is 9.91. The van der Waals surface area contributed by atoms with Crippen LogP contribution in [0, 0.1) is 5.41 Å². The second-order valence-corrected chi connectivity index (χ2v) is 4.56. The topological polar surface area (TPSA) is 83.8 Å². The summed E-state index contributed by atoms with van der Waals surface area (Å²) in [4.78, 5) is 15.1. The third-order valence-electron chi connectivity index (χ3n) is 1.66. The SMILES string of the molecule is CO/C(C)=C/C=N\C(=N)CNC(=O)OC(C)(C)C. The second kappa shape index (κ2) is 7.47. The summed E-state index contributed by atoms with van der Waals surface area (Å²) in [6.07, 6.45) is 2.51. The molecule has 0 aliphatic rings. The van der Waals surface area contributed by atoms with Gasteiger partial charge in [-0.3, -0.25) is 5.41 Å². The highest BCUT2D eigenvalue weighted by Gasteiger charge is 2.15. The van der Waals surface area contributed by atoms with Gasteiger partial charge >= 0.3 is 6.09 Å². The standard InChI is InChI=1S/C12H21N3O3/c1-9(17-5)6-7-14-10(13)8-15-11(16)18-12(2,3)4/h6-7,13H,8H2,1-5H3,(H,15,16)/b9-6+,13-10?,14-7-. The van der Waals surface area contributed by atoms with Gasteiger partial charge in [0.15, 0.2) is 0 Å². The summed E-state index contributed by atoms with van der Waals surface area (Å²) in [5.74, 6) is 0.715. The van der Waals surface area contributed by atoms with E-state index in [1.165, 1.54) is 6.21 Å². The minimum atomic E-state index is -0.564. The Balaban J connectivity index is 4.01. The first-order chi connectivity index (χ1) is 8.24. The Morgan fingerprint density at radius 1 is 1.44 bits per heavy atom. The van der Waals surface area contributed by atoms with Gasteiger partial charge in [0, 0.05) is 6.21 Å². The van der Waals surface area contributed by atoms with Crippen molar-refractivity contribution in [2.24, 2.45) is 4.99 Å². The third-order valence-corrected chi connectivity index (χ3v) is 1.66. The van der Waals surface area contributed by atoms with E-state index in [-0.39, 0.29) is 12.4 Å². The summed E-state index contributed by atoms with van der Waals surface area (Å²) in [5.41, 5.74) is -0.548. The van der Waals surface area contributed by atoms with Crippen LogP contribution in [0.4, 0.5) is 4.79 Å². The lowest BCUT2D eigenvalue weighted by Crippen LogP contribution is -2.34. The first-order valence-electron chi connectivity index (χ1n) is 5.54. The number of methoxy groups -OCH3 is 1. The fraction of sp³-hybridized carbons (Fsp3) is 0.583. The molecule has 0 heterocycles. The lowest BCUT2D eigenvalue weighted by atomic mass is 10.2. The lowest BCUT2D eigenvalue weighted by Gasteiger charge is -2.19. The molecule has 0 bridgehead atoms. The van der Waals surface area contributed by atoms with Crippen molar-refractivity contribution in [3.05, 3.63) is 11.8 Å². The molecule has 0 aromatic heterocycles. The first-order valence-corrected chi connectivity index (χ1v) is 5.54. The number of carbonyl (C=O) groups excluding carboxylic acids is 1. The average molecular weight is 255 g/mol. The van der Waals surface area contributed by atoms with Crippen LogP contribution in [0.1, 0.15) is 27.7 Å². The molecular formula is C12H21N3O3. The van der Waals surface area contributed by atoms with Crippen molar-refractivity contribution in [2.45, 2.75) is 33.3 Å². The van der Waals surface area contributed by atoms with Crippen LogP contribution < -0.4 is 5.32 Å². The molecule has 0 aliphatic heterocycles. The van der Waals surface area contributed by atoms with Crippen LogP contribution in [0.3, 0.4) is 0 Å². The Hall–Kier alpha value is -1.85. The molecule has 0 aromatic rings. The maximum absolute atomic E-state index is 11.3. The van der Waals surface area contributed by atoms with Gasteiger partial charge in [-0.15, -0.1) is 0 Å². The van der Waals surface area contributed by atoms with Crippen LogP contribution in [0.25, 0.3) is 0 Å². The van der Waals surface area contributed by atoms with Crippen molar-refractivity contribution in [3.63, 3.8) is 0 Å². The maximum atomic E-state index is 11.3. The molecule has 0 fully saturated rings. The number of hydrogen-bond donors (Lipinski definition) is 2.